The first-order valence-electron chi connectivity index (χ1n) is 10.3. The van der Waals surface area contributed by atoms with Crippen molar-refractivity contribution < 1.29 is 4.79 Å². The predicted molar refractivity (Wildman–Crippen MR) is 125 cm³/mol. The number of amides is 1. The van der Waals surface area contributed by atoms with E-state index in [2.05, 4.69) is 9.88 Å². The van der Waals surface area contributed by atoms with Gasteiger partial charge in [-0.3, -0.25) is 4.79 Å². The fourth-order valence-corrected chi connectivity index (χ4v) is 5.14. The van der Waals surface area contributed by atoms with Crippen LogP contribution in [0.4, 0.5) is 5.82 Å². The highest BCUT2D eigenvalue weighted by molar-refractivity contribution is 7.25. The molecule has 1 aliphatic rings. The maximum absolute atomic E-state index is 13.2. The van der Waals surface area contributed by atoms with Gasteiger partial charge < -0.3 is 9.80 Å². The highest BCUT2D eigenvalue weighted by Gasteiger charge is 2.23. The van der Waals surface area contributed by atoms with Gasteiger partial charge in [0.15, 0.2) is 0 Å². The van der Waals surface area contributed by atoms with E-state index >= 15 is 0 Å². The minimum atomic E-state index is 0.0654. The van der Waals surface area contributed by atoms with E-state index in [0.29, 0.717) is 18.7 Å². The first kappa shape index (κ1) is 18.2. The molecular weight excluding hydrogens is 406 g/mol. The van der Waals surface area contributed by atoms with Gasteiger partial charge in [-0.1, -0.05) is 18.2 Å². The highest BCUT2D eigenvalue weighted by Crippen LogP contribution is 2.33. The Kier molecular flexibility index (Phi) is 4.28. The fraction of sp³-hybridized carbons (Fsp3) is 0.167. The number of aromatic nitrogens is 3. The number of hydrogen-bond acceptors (Lipinski definition) is 6. The molecule has 0 radical (unpaired) electrons. The quantitative estimate of drug-likeness (QED) is 0.421. The lowest BCUT2D eigenvalue weighted by Crippen LogP contribution is -2.49. The zero-order valence-electron chi connectivity index (χ0n) is 16.7. The number of pyridine rings is 1. The van der Waals surface area contributed by atoms with Crippen LogP contribution in [0.2, 0.25) is 0 Å². The van der Waals surface area contributed by atoms with E-state index in [-0.39, 0.29) is 5.91 Å². The molecule has 0 unspecified atom stereocenters. The Labute approximate surface area is 182 Å². The molecule has 2 aromatic carbocycles. The second-order valence-corrected chi connectivity index (χ2v) is 8.68. The third kappa shape index (κ3) is 3.18. The van der Waals surface area contributed by atoms with Crippen LogP contribution in [0.3, 0.4) is 0 Å². The van der Waals surface area contributed by atoms with Crippen molar-refractivity contribution in [3.8, 4) is 0 Å². The van der Waals surface area contributed by atoms with E-state index in [1.165, 1.54) is 0 Å². The van der Waals surface area contributed by atoms with Crippen LogP contribution in [0.25, 0.3) is 31.5 Å². The molecule has 1 saturated heterocycles. The Hall–Kier alpha value is -3.58. The van der Waals surface area contributed by atoms with Crippen molar-refractivity contribution in [3.05, 3.63) is 72.4 Å². The lowest BCUT2D eigenvalue weighted by atomic mass is 10.1. The summed E-state index contributed by atoms with van der Waals surface area (Å²) < 4.78 is 1.10. The summed E-state index contributed by atoms with van der Waals surface area (Å²) in [6.45, 7) is 2.93. The summed E-state index contributed by atoms with van der Waals surface area (Å²) in [5.74, 6) is 1.03. The summed E-state index contributed by atoms with van der Waals surface area (Å²) in [7, 11) is 0. The lowest BCUT2D eigenvalue weighted by molar-refractivity contribution is 0.0746. The van der Waals surface area contributed by atoms with Crippen LogP contribution in [0.1, 0.15) is 10.4 Å². The van der Waals surface area contributed by atoms with E-state index in [4.69, 9.17) is 9.97 Å². The third-order valence-electron chi connectivity index (χ3n) is 5.77. The summed E-state index contributed by atoms with van der Waals surface area (Å²) in [4.78, 5) is 32.3. The molecule has 7 heteroatoms. The van der Waals surface area contributed by atoms with Crippen LogP contribution in [0.5, 0.6) is 0 Å². The predicted octanol–water partition coefficient (Wildman–Crippen LogP) is 4.36. The van der Waals surface area contributed by atoms with Crippen LogP contribution in [0.15, 0.2) is 66.9 Å². The first-order valence-corrected chi connectivity index (χ1v) is 11.1. The molecule has 0 atom stereocenters. The summed E-state index contributed by atoms with van der Waals surface area (Å²) in [5.41, 5.74) is 3.34. The average molecular weight is 426 g/mol. The standard InChI is InChI=1S/C24H19N5OS/c30-24(29-13-11-28(12-14-29)21-7-3-4-10-25-21)16-8-9-20-17(15-16)22-23(31-20)27-19-6-2-1-5-18(19)26-22/h1-10,15H,11-14H2. The van der Waals surface area contributed by atoms with Crippen LogP contribution >= 0.6 is 11.3 Å². The van der Waals surface area contributed by atoms with E-state index in [1.54, 1.807) is 17.5 Å². The molecule has 0 spiro atoms. The van der Waals surface area contributed by atoms with Crippen molar-refractivity contribution in [3.63, 3.8) is 0 Å². The number of carbonyl (C=O) groups excluding carboxylic acids is 1. The topological polar surface area (TPSA) is 62.2 Å². The monoisotopic (exact) mass is 425 g/mol. The zero-order chi connectivity index (χ0) is 20.8. The van der Waals surface area contributed by atoms with Crippen molar-refractivity contribution in [2.45, 2.75) is 0 Å². The zero-order valence-corrected chi connectivity index (χ0v) is 17.5. The Bertz CT molecular complexity index is 1420. The van der Waals surface area contributed by atoms with Gasteiger partial charge in [0, 0.05) is 48.0 Å². The summed E-state index contributed by atoms with van der Waals surface area (Å²) in [6, 6.07) is 19.7. The Morgan fingerprint density at radius 1 is 0.871 bits per heavy atom. The summed E-state index contributed by atoms with van der Waals surface area (Å²) in [6.07, 6.45) is 1.80. The molecule has 3 aromatic heterocycles. The lowest BCUT2D eigenvalue weighted by Gasteiger charge is -2.35. The maximum Gasteiger partial charge on any atom is 0.253 e. The SMILES string of the molecule is O=C(c1ccc2sc3nc4ccccc4nc3c2c1)N1CCN(c2ccccn2)CC1. The number of anilines is 1. The molecule has 6 nitrogen and oxygen atoms in total. The minimum absolute atomic E-state index is 0.0654. The molecular formula is C24H19N5OS. The number of rotatable bonds is 2. The molecule has 0 bridgehead atoms. The van der Waals surface area contributed by atoms with Crippen LogP contribution < -0.4 is 4.90 Å². The molecule has 0 saturated carbocycles. The molecule has 1 amide bonds. The van der Waals surface area contributed by atoms with Crippen molar-refractivity contribution >= 4 is 54.5 Å². The van der Waals surface area contributed by atoms with Gasteiger partial charge in [0.1, 0.15) is 16.2 Å². The van der Waals surface area contributed by atoms with E-state index < -0.39 is 0 Å². The molecule has 152 valence electrons. The largest absolute Gasteiger partial charge is 0.353 e. The van der Waals surface area contributed by atoms with E-state index in [1.807, 2.05) is 65.6 Å². The van der Waals surface area contributed by atoms with Crippen LogP contribution in [-0.4, -0.2) is 51.9 Å². The number of para-hydroxylation sites is 2. The number of hydrogen-bond donors (Lipinski definition) is 0. The molecule has 0 N–H and O–H groups in total. The Balaban J connectivity index is 1.29. The smallest absolute Gasteiger partial charge is 0.253 e. The normalized spacial score (nSPS) is 14.6. The van der Waals surface area contributed by atoms with Gasteiger partial charge in [-0.05, 0) is 42.5 Å². The average Bonchev–Trinajstić information content (AvgIpc) is 3.19. The third-order valence-corrected chi connectivity index (χ3v) is 6.82. The highest BCUT2D eigenvalue weighted by atomic mass is 32.1. The van der Waals surface area contributed by atoms with Gasteiger partial charge in [-0.15, -0.1) is 11.3 Å². The van der Waals surface area contributed by atoms with Crippen LogP contribution in [-0.2, 0) is 0 Å². The molecule has 31 heavy (non-hydrogen) atoms. The van der Waals surface area contributed by atoms with Gasteiger partial charge in [0.2, 0.25) is 0 Å². The van der Waals surface area contributed by atoms with Crippen molar-refractivity contribution in [2.24, 2.45) is 0 Å². The molecule has 4 heterocycles. The summed E-state index contributed by atoms with van der Waals surface area (Å²) in [5, 5.41) is 0.997. The Morgan fingerprint density at radius 2 is 1.65 bits per heavy atom. The number of benzene rings is 2. The van der Waals surface area contributed by atoms with Crippen LogP contribution in [0, 0.1) is 0 Å². The molecule has 1 aliphatic heterocycles. The van der Waals surface area contributed by atoms with Crippen molar-refractivity contribution in [2.75, 3.05) is 31.1 Å². The first-order chi connectivity index (χ1) is 15.3. The van der Waals surface area contributed by atoms with Gasteiger partial charge in [0.05, 0.1) is 11.0 Å². The molecule has 0 aliphatic carbocycles. The van der Waals surface area contributed by atoms with Gasteiger partial charge in [-0.2, -0.15) is 0 Å². The Morgan fingerprint density at radius 3 is 2.42 bits per heavy atom. The number of nitrogens with zero attached hydrogens (tertiary/aromatic N) is 5. The number of carbonyl (C=O) groups is 1. The van der Waals surface area contributed by atoms with Gasteiger partial charge in [0.25, 0.3) is 5.91 Å². The number of piperazine rings is 1. The second-order valence-electron chi connectivity index (χ2n) is 7.65. The molecule has 1 fully saturated rings. The molecule has 5 aromatic rings. The van der Waals surface area contributed by atoms with Crippen molar-refractivity contribution in [1.82, 2.24) is 19.9 Å². The molecule has 6 rings (SSSR count). The summed E-state index contributed by atoms with van der Waals surface area (Å²) >= 11 is 1.62. The maximum atomic E-state index is 13.2. The van der Waals surface area contributed by atoms with E-state index in [0.717, 1.165) is 50.4 Å². The number of thiophene rings is 1. The fourth-order valence-electron chi connectivity index (χ4n) is 4.13. The van der Waals surface area contributed by atoms with Gasteiger partial charge >= 0.3 is 0 Å². The van der Waals surface area contributed by atoms with Crippen molar-refractivity contribution in [1.29, 1.82) is 0 Å². The minimum Gasteiger partial charge on any atom is -0.353 e. The second kappa shape index (κ2) is 7.28. The van der Waals surface area contributed by atoms with E-state index in [9.17, 15) is 4.79 Å². The van der Waals surface area contributed by atoms with Gasteiger partial charge in [-0.25, -0.2) is 15.0 Å². The number of fused-ring (bicyclic) bond motifs is 4.